The molecule has 0 spiro atoms. The summed E-state index contributed by atoms with van der Waals surface area (Å²) in [4.78, 5) is 25.1. The van der Waals surface area contributed by atoms with E-state index in [1.54, 1.807) is 13.2 Å². The lowest BCUT2D eigenvalue weighted by Crippen LogP contribution is -2.55. The number of aliphatic imine (C=N–C) groups is 1. The number of methoxy groups -OCH3 is 1. The molecule has 0 N–H and O–H groups in total. The molecule has 1 aromatic carbocycles. The van der Waals surface area contributed by atoms with Crippen molar-refractivity contribution in [2.75, 3.05) is 25.2 Å². The van der Waals surface area contributed by atoms with Gasteiger partial charge in [-0.05, 0) is 113 Å². The number of halogens is 1. The van der Waals surface area contributed by atoms with E-state index in [2.05, 4.69) is 29.0 Å². The minimum absolute atomic E-state index is 0.0309. The van der Waals surface area contributed by atoms with Crippen LogP contribution in [0.2, 0.25) is 0 Å². The van der Waals surface area contributed by atoms with E-state index < -0.39 is 12.1 Å². The van der Waals surface area contributed by atoms with Gasteiger partial charge in [0.25, 0.3) is 0 Å². The normalized spacial score (nSPS) is 26.9. The molecular formula is C34H43FN4O3. The van der Waals surface area contributed by atoms with Crippen LogP contribution < -0.4 is 4.90 Å². The Morgan fingerprint density at radius 2 is 1.90 bits per heavy atom. The van der Waals surface area contributed by atoms with Gasteiger partial charge in [0.05, 0.1) is 19.2 Å². The van der Waals surface area contributed by atoms with Crippen molar-refractivity contribution in [1.82, 2.24) is 10.1 Å². The molecule has 5 saturated carbocycles. The van der Waals surface area contributed by atoms with Gasteiger partial charge in [0.15, 0.2) is 5.82 Å². The summed E-state index contributed by atoms with van der Waals surface area (Å²) >= 11 is 0. The number of hydrogen-bond acceptors (Lipinski definition) is 6. The predicted octanol–water partition coefficient (Wildman–Crippen LogP) is 7.69. The van der Waals surface area contributed by atoms with Gasteiger partial charge in [0, 0.05) is 29.6 Å². The largest absolute Gasteiger partial charge is 0.481 e. The molecule has 0 radical (unpaired) electrons. The van der Waals surface area contributed by atoms with Gasteiger partial charge < -0.3 is 14.2 Å². The predicted molar refractivity (Wildman–Crippen MR) is 162 cm³/mol. The van der Waals surface area contributed by atoms with E-state index in [1.165, 1.54) is 0 Å². The topological polar surface area (TPSA) is 80.8 Å². The minimum atomic E-state index is -0.589. The molecule has 1 heterocycles. The van der Waals surface area contributed by atoms with Gasteiger partial charge >= 0.3 is 0 Å². The summed E-state index contributed by atoms with van der Waals surface area (Å²) in [5, 5.41) is 4.31. The van der Waals surface area contributed by atoms with E-state index in [0.29, 0.717) is 24.8 Å². The number of fused-ring (bicyclic) bond motifs is 3. The van der Waals surface area contributed by atoms with Crippen LogP contribution in [0.1, 0.15) is 107 Å². The lowest BCUT2D eigenvalue weighted by atomic mass is 9.53. The van der Waals surface area contributed by atoms with Crippen LogP contribution >= 0.6 is 0 Å². The highest BCUT2D eigenvalue weighted by atomic mass is 19.1. The number of rotatable bonds is 12. The Labute approximate surface area is 248 Å². The number of alkyl halides is 1. The molecule has 7 nitrogen and oxygen atoms in total. The zero-order valence-electron chi connectivity index (χ0n) is 25.0. The van der Waals surface area contributed by atoms with Crippen molar-refractivity contribution >= 4 is 23.9 Å². The molecule has 5 aliphatic rings. The highest BCUT2D eigenvalue weighted by Crippen LogP contribution is 2.58. The van der Waals surface area contributed by atoms with Crippen LogP contribution in [0.25, 0.3) is 5.57 Å². The van der Waals surface area contributed by atoms with Crippen LogP contribution in [-0.2, 0) is 14.9 Å². The fourth-order valence-electron chi connectivity index (χ4n) is 7.43. The molecule has 5 aliphatic carbocycles. The van der Waals surface area contributed by atoms with Crippen LogP contribution in [0, 0.1) is 10.8 Å². The number of carbonyl (C=O) groups is 1. The maximum absolute atomic E-state index is 14.4. The first-order valence-electron chi connectivity index (χ1n) is 15.6. The highest BCUT2D eigenvalue weighted by Gasteiger charge is 2.54. The lowest BCUT2D eigenvalue weighted by molar-refractivity contribution is -0.134. The fraction of sp³-hybridized carbons (Fsp3) is 0.588. The van der Waals surface area contributed by atoms with E-state index in [4.69, 9.17) is 14.2 Å². The fourth-order valence-corrected chi connectivity index (χ4v) is 7.43. The summed E-state index contributed by atoms with van der Waals surface area (Å²) in [6, 6.07) is 8.18. The Kier molecular flexibility index (Phi) is 7.83. The summed E-state index contributed by atoms with van der Waals surface area (Å²) in [7, 11) is 1.56. The summed E-state index contributed by atoms with van der Waals surface area (Å²) in [6.45, 7) is 5.77. The molecule has 224 valence electrons. The molecule has 7 rings (SSSR count). The van der Waals surface area contributed by atoms with Crippen molar-refractivity contribution < 1.29 is 18.4 Å². The zero-order chi connectivity index (χ0) is 29.4. The van der Waals surface area contributed by atoms with Gasteiger partial charge in [-0.2, -0.15) is 4.98 Å². The Bertz CT molecular complexity index is 1360. The van der Waals surface area contributed by atoms with Crippen molar-refractivity contribution in [3.63, 3.8) is 0 Å². The number of anilines is 1. The van der Waals surface area contributed by atoms with Gasteiger partial charge in [-0.3, -0.25) is 9.18 Å². The molecule has 2 bridgehead atoms. The average molecular weight is 575 g/mol. The Morgan fingerprint density at radius 3 is 2.50 bits per heavy atom. The number of nitrogens with zero attached hydrogens (tertiary/aromatic N) is 4. The monoisotopic (exact) mass is 574 g/mol. The quantitative estimate of drug-likeness (QED) is 0.147. The van der Waals surface area contributed by atoms with E-state index in [1.807, 2.05) is 30.0 Å². The van der Waals surface area contributed by atoms with Crippen LogP contribution in [-0.4, -0.2) is 43.1 Å². The number of benzene rings is 1. The number of ether oxygens (including phenoxy) is 1. The highest BCUT2D eigenvalue weighted by molar-refractivity contribution is 5.98. The number of allylic oxidation sites excluding steroid dienone is 3. The van der Waals surface area contributed by atoms with Gasteiger partial charge in [-0.25, -0.2) is 4.99 Å². The van der Waals surface area contributed by atoms with Crippen molar-refractivity contribution in [2.45, 2.75) is 95.3 Å². The first-order chi connectivity index (χ1) is 20.3. The summed E-state index contributed by atoms with van der Waals surface area (Å²) in [5.74, 6) is 2.73. The zero-order valence-corrected chi connectivity index (χ0v) is 25.0. The molecular weight excluding hydrogens is 531 g/mol. The van der Waals surface area contributed by atoms with Crippen molar-refractivity contribution in [2.24, 2.45) is 15.8 Å². The van der Waals surface area contributed by atoms with E-state index in [9.17, 15) is 9.18 Å². The Morgan fingerprint density at radius 1 is 1.17 bits per heavy atom. The molecule has 2 aromatic rings. The van der Waals surface area contributed by atoms with Crippen LogP contribution in [0.15, 0.2) is 51.8 Å². The second kappa shape index (κ2) is 11.4. The molecule has 1 amide bonds. The third-order valence-corrected chi connectivity index (χ3v) is 10.8. The summed E-state index contributed by atoms with van der Waals surface area (Å²) in [6.07, 6.45) is 14.9. The third-order valence-electron chi connectivity index (χ3n) is 10.8. The van der Waals surface area contributed by atoms with Gasteiger partial charge in [0.2, 0.25) is 17.7 Å². The average Bonchev–Trinajstić information content (AvgIpc) is 3.74. The summed E-state index contributed by atoms with van der Waals surface area (Å²) in [5.41, 5.74) is 2.33. The van der Waals surface area contributed by atoms with E-state index in [0.717, 1.165) is 99.2 Å². The summed E-state index contributed by atoms with van der Waals surface area (Å²) < 4.78 is 24.8. The number of amides is 1. The van der Waals surface area contributed by atoms with Crippen LogP contribution in [0.5, 0.6) is 0 Å². The van der Waals surface area contributed by atoms with Crippen molar-refractivity contribution in [3.05, 3.63) is 59.6 Å². The molecule has 0 aliphatic heterocycles. The lowest BCUT2D eigenvalue weighted by Gasteiger charge is -2.54. The minimum Gasteiger partial charge on any atom is -0.481 e. The standard InChI is InChI=1S/C34H43FN4O3/c1-24(8-11-28(36-2)41-3)26-6-4-7-27(22-26)39(31(40)34(20-21-35)12-5-13-34)23-32-14-17-33(18-15-32,19-16-32)30-37-29(38-42-30)25-9-10-25/h4,6-8,11,22,25H,2,5,9-10,12-21,23H2,1,3H3/b24-8+,28-11+. The van der Waals surface area contributed by atoms with Gasteiger partial charge in [-0.15, -0.1) is 0 Å². The van der Waals surface area contributed by atoms with E-state index in [-0.39, 0.29) is 16.7 Å². The van der Waals surface area contributed by atoms with Crippen LogP contribution in [0.4, 0.5) is 10.1 Å². The smallest absolute Gasteiger partial charge is 0.233 e. The maximum Gasteiger partial charge on any atom is 0.233 e. The van der Waals surface area contributed by atoms with Gasteiger partial charge in [-0.1, -0.05) is 29.8 Å². The molecule has 5 fully saturated rings. The molecule has 42 heavy (non-hydrogen) atoms. The van der Waals surface area contributed by atoms with Crippen molar-refractivity contribution in [3.8, 4) is 0 Å². The second-order valence-electron chi connectivity index (χ2n) is 13.2. The Balaban J connectivity index is 1.27. The molecule has 8 heteroatoms. The first kappa shape index (κ1) is 28.8. The molecule has 1 aromatic heterocycles. The van der Waals surface area contributed by atoms with Crippen molar-refractivity contribution in [1.29, 1.82) is 0 Å². The third kappa shape index (κ3) is 5.33. The molecule has 0 unspecified atom stereocenters. The molecule has 0 saturated heterocycles. The SMILES string of the molecule is C=N/C(=C\C=C(/C)c1cccc(N(CC23CCC(c4nc(C5CC5)no4)(CC2)CC3)C(=O)C2(CCF)CCC2)c1)OC. The van der Waals surface area contributed by atoms with E-state index >= 15 is 0 Å². The maximum atomic E-state index is 14.4. The Hall–Kier alpha value is -3.29. The first-order valence-corrected chi connectivity index (χ1v) is 15.6. The van der Waals surface area contributed by atoms with Gasteiger partial charge in [0.1, 0.15) is 0 Å². The number of aromatic nitrogens is 2. The number of carbonyl (C=O) groups excluding carboxylic acids is 1. The number of hydrogen-bond donors (Lipinski definition) is 0. The van der Waals surface area contributed by atoms with Crippen LogP contribution in [0.3, 0.4) is 0 Å². The molecule has 0 atom stereocenters. The second-order valence-corrected chi connectivity index (χ2v) is 13.2.